The minimum absolute atomic E-state index is 0.00682. The Kier molecular flexibility index (Phi) is 4.40. The molecule has 4 rings (SSSR count). The van der Waals surface area contributed by atoms with Crippen LogP contribution in [0.5, 0.6) is 0 Å². The molecule has 9 nitrogen and oxygen atoms in total. The van der Waals surface area contributed by atoms with Crippen molar-refractivity contribution in [3.8, 4) is 11.3 Å². The lowest BCUT2D eigenvalue weighted by atomic mass is 10.1. The predicted molar refractivity (Wildman–Crippen MR) is 101 cm³/mol. The fraction of sp³-hybridized carbons (Fsp3) is 0.158. The van der Waals surface area contributed by atoms with Gasteiger partial charge in [-0.05, 0) is 17.9 Å². The molecule has 0 fully saturated rings. The van der Waals surface area contributed by atoms with Crippen LogP contribution in [-0.4, -0.2) is 34.9 Å². The number of rotatable bonds is 6. The zero-order valence-corrected chi connectivity index (χ0v) is 15.0. The van der Waals surface area contributed by atoms with Crippen LogP contribution in [0.2, 0.25) is 0 Å². The molecule has 0 unspecified atom stereocenters. The molecule has 0 saturated carbocycles. The molecule has 9 heteroatoms. The van der Waals surface area contributed by atoms with Crippen LogP contribution < -0.4 is 0 Å². The van der Waals surface area contributed by atoms with Gasteiger partial charge in [0.2, 0.25) is 5.78 Å². The summed E-state index contributed by atoms with van der Waals surface area (Å²) in [7, 11) is 0. The summed E-state index contributed by atoms with van der Waals surface area (Å²) >= 11 is 0. The molecule has 0 atom stereocenters. The van der Waals surface area contributed by atoms with Crippen LogP contribution in [0.25, 0.3) is 17.0 Å². The summed E-state index contributed by atoms with van der Waals surface area (Å²) in [5.41, 5.74) is 2.50. The van der Waals surface area contributed by atoms with E-state index in [-0.39, 0.29) is 23.7 Å². The van der Waals surface area contributed by atoms with Crippen molar-refractivity contribution >= 4 is 17.4 Å². The van der Waals surface area contributed by atoms with Crippen LogP contribution in [-0.2, 0) is 13.0 Å². The molecule has 0 aliphatic carbocycles. The minimum Gasteiger partial charge on any atom is -0.358 e. The summed E-state index contributed by atoms with van der Waals surface area (Å²) < 4.78 is 3.12. The first-order valence-corrected chi connectivity index (χ1v) is 8.70. The maximum absolute atomic E-state index is 12.6. The Morgan fingerprint density at radius 2 is 1.96 bits per heavy atom. The largest absolute Gasteiger partial charge is 0.390 e. The molecule has 0 aliphatic rings. The van der Waals surface area contributed by atoms with Crippen LogP contribution in [0.4, 0.5) is 5.82 Å². The number of fused-ring (bicyclic) bond motifs is 1. The zero-order chi connectivity index (χ0) is 19.7. The molecule has 0 N–H and O–H groups in total. The lowest BCUT2D eigenvalue weighted by Gasteiger charge is -2.01. The van der Waals surface area contributed by atoms with Gasteiger partial charge < -0.3 is 10.1 Å². The van der Waals surface area contributed by atoms with E-state index < -0.39 is 4.92 Å². The molecule has 0 bridgehead atoms. The normalized spacial score (nSPS) is 11.0. The quantitative estimate of drug-likeness (QED) is 0.291. The minimum atomic E-state index is -0.608. The summed E-state index contributed by atoms with van der Waals surface area (Å²) in [6, 6.07) is 12.7. The molecule has 0 radical (unpaired) electrons. The van der Waals surface area contributed by atoms with Gasteiger partial charge in [0, 0.05) is 18.0 Å². The second-order valence-electron chi connectivity index (χ2n) is 6.18. The smallest absolute Gasteiger partial charge is 0.358 e. The number of Topliss-reactive ketones (excluding diaryl/α,β-unsaturated/α-hetero) is 1. The molecule has 28 heavy (non-hydrogen) atoms. The molecule has 4 aromatic rings. The van der Waals surface area contributed by atoms with Gasteiger partial charge in [-0.25, -0.2) is 9.97 Å². The highest BCUT2D eigenvalue weighted by Crippen LogP contribution is 2.19. The standard InChI is InChI=1S/C19H16N6O3/c1-2-24-16(11-18(22-24)25(27)28)17(26)10-14-8-9-23-12-15(21-19(23)20-14)13-6-4-3-5-7-13/h3-9,11-12H,2,10H2,1H3. The first kappa shape index (κ1) is 17.5. The Morgan fingerprint density at radius 3 is 2.68 bits per heavy atom. The van der Waals surface area contributed by atoms with Gasteiger partial charge in [0.05, 0.1) is 35.5 Å². The summed E-state index contributed by atoms with van der Waals surface area (Å²) in [5.74, 6) is -0.136. The number of aryl methyl sites for hydroxylation is 1. The van der Waals surface area contributed by atoms with Crippen LogP contribution in [0.3, 0.4) is 0 Å². The number of hydrogen-bond acceptors (Lipinski definition) is 6. The average molecular weight is 376 g/mol. The molecule has 0 amide bonds. The van der Waals surface area contributed by atoms with Gasteiger partial charge in [-0.1, -0.05) is 30.3 Å². The fourth-order valence-corrected chi connectivity index (χ4v) is 2.97. The summed E-state index contributed by atoms with van der Waals surface area (Å²) in [5, 5.41) is 14.8. The van der Waals surface area contributed by atoms with Crippen LogP contribution >= 0.6 is 0 Å². The average Bonchev–Trinajstić information content (AvgIpc) is 3.32. The number of carbonyl (C=O) groups excluding carboxylic acids is 1. The van der Waals surface area contributed by atoms with Gasteiger partial charge in [0.1, 0.15) is 5.69 Å². The van der Waals surface area contributed by atoms with Crippen LogP contribution in [0, 0.1) is 10.1 Å². The number of nitrogens with zero attached hydrogens (tertiary/aromatic N) is 6. The maximum Gasteiger partial charge on any atom is 0.390 e. The van der Waals surface area contributed by atoms with Crippen molar-refractivity contribution in [2.75, 3.05) is 0 Å². The number of aromatic nitrogens is 5. The van der Waals surface area contributed by atoms with Crippen LogP contribution in [0.15, 0.2) is 54.9 Å². The van der Waals surface area contributed by atoms with Gasteiger partial charge in [-0.3, -0.25) is 9.20 Å². The Hall–Kier alpha value is -3.88. The molecule has 0 saturated heterocycles. The summed E-state index contributed by atoms with van der Waals surface area (Å²) in [6.07, 6.45) is 3.68. The van der Waals surface area contributed by atoms with Crippen molar-refractivity contribution in [3.05, 3.63) is 76.4 Å². The van der Waals surface area contributed by atoms with Gasteiger partial charge in [-0.2, -0.15) is 4.68 Å². The highest BCUT2D eigenvalue weighted by atomic mass is 16.6. The van der Waals surface area contributed by atoms with E-state index >= 15 is 0 Å². The number of benzene rings is 1. The van der Waals surface area contributed by atoms with Crippen molar-refractivity contribution in [1.82, 2.24) is 24.1 Å². The van der Waals surface area contributed by atoms with Gasteiger partial charge >= 0.3 is 5.82 Å². The fourth-order valence-electron chi connectivity index (χ4n) is 2.97. The number of nitro groups is 1. The van der Waals surface area contributed by atoms with Crippen molar-refractivity contribution in [1.29, 1.82) is 0 Å². The molecule has 0 aliphatic heterocycles. The summed E-state index contributed by atoms with van der Waals surface area (Å²) in [6.45, 7) is 2.13. The number of ketones is 1. The lowest BCUT2D eigenvalue weighted by molar-refractivity contribution is -0.389. The Labute approximate surface area is 159 Å². The molecule has 0 spiro atoms. The second kappa shape index (κ2) is 7.03. The lowest BCUT2D eigenvalue weighted by Crippen LogP contribution is -2.12. The van der Waals surface area contributed by atoms with E-state index in [0.29, 0.717) is 18.0 Å². The monoisotopic (exact) mass is 376 g/mol. The molecular weight excluding hydrogens is 360 g/mol. The third-order valence-electron chi connectivity index (χ3n) is 4.33. The van der Waals surface area contributed by atoms with Crippen molar-refractivity contribution in [2.45, 2.75) is 19.9 Å². The van der Waals surface area contributed by atoms with Gasteiger partial charge in [0.25, 0.3) is 0 Å². The molecule has 3 heterocycles. The maximum atomic E-state index is 12.6. The second-order valence-corrected chi connectivity index (χ2v) is 6.18. The van der Waals surface area contributed by atoms with Gasteiger partial charge in [0.15, 0.2) is 5.78 Å². The predicted octanol–water partition coefficient (Wildman–Crippen LogP) is 2.95. The Balaban J connectivity index is 1.61. The topological polar surface area (TPSA) is 108 Å². The first-order valence-electron chi connectivity index (χ1n) is 8.70. The zero-order valence-electron chi connectivity index (χ0n) is 15.0. The number of hydrogen-bond donors (Lipinski definition) is 0. The van der Waals surface area contributed by atoms with Crippen molar-refractivity contribution in [3.63, 3.8) is 0 Å². The molecular formula is C19H16N6O3. The van der Waals surface area contributed by atoms with E-state index in [1.807, 2.05) is 36.5 Å². The van der Waals surface area contributed by atoms with Crippen molar-refractivity contribution in [2.24, 2.45) is 0 Å². The third-order valence-corrected chi connectivity index (χ3v) is 4.33. The van der Waals surface area contributed by atoms with Crippen LogP contribution in [0.1, 0.15) is 23.1 Å². The van der Waals surface area contributed by atoms with E-state index in [2.05, 4.69) is 15.1 Å². The van der Waals surface area contributed by atoms with Crippen molar-refractivity contribution < 1.29 is 9.72 Å². The summed E-state index contributed by atoms with van der Waals surface area (Å²) in [4.78, 5) is 31.9. The first-order chi connectivity index (χ1) is 13.5. The highest BCUT2D eigenvalue weighted by Gasteiger charge is 2.22. The Morgan fingerprint density at radius 1 is 1.18 bits per heavy atom. The number of imidazole rings is 1. The SMILES string of the molecule is CCn1nc([N+](=O)[O-])cc1C(=O)Cc1ccn2cc(-c3ccccc3)nc2n1. The van der Waals surface area contributed by atoms with E-state index in [1.54, 1.807) is 23.6 Å². The van der Waals surface area contributed by atoms with E-state index in [0.717, 1.165) is 11.3 Å². The highest BCUT2D eigenvalue weighted by molar-refractivity contribution is 5.96. The van der Waals surface area contributed by atoms with E-state index in [4.69, 9.17) is 0 Å². The molecule has 140 valence electrons. The number of carbonyl (C=O) groups is 1. The van der Waals surface area contributed by atoms with Gasteiger partial charge in [-0.15, -0.1) is 0 Å². The van der Waals surface area contributed by atoms with E-state index in [9.17, 15) is 14.9 Å². The molecule has 3 aromatic heterocycles. The third kappa shape index (κ3) is 3.25. The Bertz CT molecular complexity index is 1180. The van der Waals surface area contributed by atoms with E-state index in [1.165, 1.54) is 10.7 Å². The molecule has 1 aromatic carbocycles.